The van der Waals surface area contributed by atoms with Gasteiger partial charge in [0.15, 0.2) is 0 Å². The third-order valence-corrected chi connectivity index (χ3v) is 4.44. The fourth-order valence-corrected chi connectivity index (χ4v) is 3.09. The highest BCUT2D eigenvalue weighted by atomic mass is 16.3. The lowest BCUT2D eigenvalue weighted by molar-refractivity contribution is -0.132. The molecule has 0 spiro atoms. The second-order valence-electron chi connectivity index (χ2n) is 5.80. The van der Waals surface area contributed by atoms with E-state index < -0.39 is 11.5 Å². The van der Waals surface area contributed by atoms with Crippen LogP contribution in [-0.4, -0.2) is 18.1 Å². The van der Waals surface area contributed by atoms with Gasteiger partial charge in [-0.3, -0.25) is 4.79 Å². The summed E-state index contributed by atoms with van der Waals surface area (Å²) in [6, 6.07) is 17.3. The van der Waals surface area contributed by atoms with Gasteiger partial charge in [-0.1, -0.05) is 48.5 Å². The highest BCUT2D eigenvalue weighted by Crippen LogP contribution is 2.39. The molecule has 2 atom stereocenters. The molecule has 21 heavy (non-hydrogen) atoms. The van der Waals surface area contributed by atoms with Gasteiger partial charge >= 0.3 is 0 Å². The van der Waals surface area contributed by atoms with Crippen molar-refractivity contribution in [1.29, 1.82) is 0 Å². The van der Waals surface area contributed by atoms with Gasteiger partial charge in [-0.25, -0.2) is 0 Å². The molecular formula is C18H19NO2. The Kier molecular flexibility index (Phi) is 3.30. The molecule has 3 rings (SSSR count). The Morgan fingerprint density at radius 2 is 1.71 bits per heavy atom. The van der Waals surface area contributed by atoms with Crippen LogP contribution in [0.5, 0.6) is 0 Å². The number of nitrogens with zero attached hydrogens (tertiary/aromatic N) is 1. The third kappa shape index (κ3) is 2.24. The van der Waals surface area contributed by atoms with Crippen LogP contribution in [0.25, 0.3) is 0 Å². The van der Waals surface area contributed by atoms with Gasteiger partial charge in [0.2, 0.25) is 5.91 Å². The van der Waals surface area contributed by atoms with Crippen LogP contribution in [0, 0.1) is 5.92 Å². The van der Waals surface area contributed by atoms with Gasteiger partial charge in [0.1, 0.15) is 0 Å². The topological polar surface area (TPSA) is 40.5 Å². The number of carbonyl (C=O) groups excluding carboxylic acids is 1. The van der Waals surface area contributed by atoms with Crippen molar-refractivity contribution in [2.75, 3.05) is 11.9 Å². The van der Waals surface area contributed by atoms with Gasteiger partial charge in [-0.2, -0.15) is 0 Å². The summed E-state index contributed by atoms with van der Waals surface area (Å²) in [6.45, 7) is 1.73. The molecule has 108 valence electrons. The molecule has 0 bridgehead atoms. The molecule has 1 N–H and O–H groups in total. The molecular weight excluding hydrogens is 262 g/mol. The minimum atomic E-state index is -1.18. The summed E-state index contributed by atoms with van der Waals surface area (Å²) in [6.07, 6.45) is 0.557. The van der Waals surface area contributed by atoms with E-state index in [2.05, 4.69) is 0 Å². The summed E-state index contributed by atoms with van der Waals surface area (Å²) < 4.78 is 0. The predicted molar refractivity (Wildman–Crippen MR) is 83.1 cm³/mol. The van der Waals surface area contributed by atoms with Crippen LogP contribution in [-0.2, 0) is 16.8 Å². The zero-order valence-corrected chi connectivity index (χ0v) is 12.3. The first-order valence-electron chi connectivity index (χ1n) is 7.15. The quantitative estimate of drug-likeness (QED) is 0.919. The number of hydrogen-bond acceptors (Lipinski definition) is 2. The van der Waals surface area contributed by atoms with E-state index in [0.717, 1.165) is 16.8 Å². The molecule has 0 saturated carbocycles. The van der Waals surface area contributed by atoms with Crippen molar-refractivity contribution in [2.45, 2.75) is 18.9 Å². The SMILES string of the molecule is CN1C(=O)C(C(C)(O)c2ccccc2)Cc2ccccc21. The number of para-hydroxylation sites is 1. The smallest absolute Gasteiger partial charge is 0.233 e. The Labute approximate surface area is 124 Å². The molecule has 1 aliphatic heterocycles. The fourth-order valence-electron chi connectivity index (χ4n) is 3.09. The zero-order valence-electron chi connectivity index (χ0n) is 12.3. The standard InChI is InChI=1S/C18H19NO2/c1-18(21,14-9-4-3-5-10-14)15-12-13-8-6-7-11-16(13)19(2)17(15)20/h3-11,15,21H,12H2,1-2H3. The molecule has 0 fully saturated rings. The number of fused-ring (bicyclic) bond motifs is 1. The van der Waals surface area contributed by atoms with Gasteiger partial charge in [-0.15, -0.1) is 0 Å². The number of aliphatic hydroxyl groups is 1. The van der Waals surface area contributed by atoms with Crippen LogP contribution in [0.1, 0.15) is 18.1 Å². The molecule has 0 aliphatic carbocycles. The van der Waals surface area contributed by atoms with Gasteiger partial charge in [0, 0.05) is 12.7 Å². The van der Waals surface area contributed by atoms with Crippen molar-refractivity contribution in [2.24, 2.45) is 5.92 Å². The van der Waals surface area contributed by atoms with E-state index in [4.69, 9.17) is 0 Å². The number of carbonyl (C=O) groups is 1. The molecule has 0 aromatic heterocycles. The highest BCUT2D eigenvalue weighted by molar-refractivity contribution is 5.98. The summed E-state index contributed by atoms with van der Waals surface area (Å²) in [4.78, 5) is 14.3. The average Bonchev–Trinajstić information content (AvgIpc) is 2.51. The van der Waals surface area contributed by atoms with Gasteiger partial charge in [0.05, 0.1) is 11.5 Å². The first-order valence-corrected chi connectivity index (χ1v) is 7.15. The third-order valence-electron chi connectivity index (χ3n) is 4.44. The predicted octanol–water partition coefficient (Wildman–Crippen LogP) is 2.73. The molecule has 1 aliphatic rings. The molecule has 0 saturated heterocycles. The van der Waals surface area contributed by atoms with E-state index in [0.29, 0.717) is 6.42 Å². The van der Waals surface area contributed by atoms with Crippen molar-refractivity contribution in [3.8, 4) is 0 Å². The van der Waals surface area contributed by atoms with Crippen LogP contribution in [0.3, 0.4) is 0 Å². The van der Waals surface area contributed by atoms with Crippen molar-refractivity contribution in [3.63, 3.8) is 0 Å². The van der Waals surface area contributed by atoms with Crippen molar-refractivity contribution in [3.05, 3.63) is 65.7 Å². The maximum Gasteiger partial charge on any atom is 0.233 e. The first-order chi connectivity index (χ1) is 10.0. The van der Waals surface area contributed by atoms with Crippen molar-refractivity contribution in [1.82, 2.24) is 0 Å². The van der Waals surface area contributed by atoms with E-state index >= 15 is 0 Å². The van der Waals surface area contributed by atoms with Crippen LogP contribution in [0.15, 0.2) is 54.6 Å². The summed E-state index contributed by atoms with van der Waals surface area (Å²) in [5.41, 5.74) is 1.62. The largest absolute Gasteiger partial charge is 0.385 e. The Bertz CT molecular complexity index is 664. The van der Waals surface area contributed by atoms with Crippen LogP contribution in [0.4, 0.5) is 5.69 Å². The molecule has 2 aromatic carbocycles. The molecule has 2 unspecified atom stereocenters. The van der Waals surface area contributed by atoms with E-state index in [1.807, 2.05) is 54.6 Å². The molecule has 3 nitrogen and oxygen atoms in total. The Morgan fingerprint density at radius 3 is 2.43 bits per heavy atom. The average molecular weight is 281 g/mol. The lowest BCUT2D eigenvalue weighted by Crippen LogP contribution is -2.48. The molecule has 1 heterocycles. The fraction of sp³-hybridized carbons (Fsp3) is 0.278. The monoisotopic (exact) mass is 281 g/mol. The number of benzene rings is 2. The van der Waals surface area contributed by atoms with Gasteiger partial charge in [0.25, 0.3) is 0 Å². The van der Waals surface area contributed by atoms with Crippen LogP contribution in [0.2, 0.25) is 0 Å². The second kappa shape index (κ2) is 5.01. The van der Waals surface area contributed by atoms with Gasteiger partial charge in [-0.05, 0) is 30.5 Å². The van der Waals surface area contributed by atoms with E-state index in [1.54, 1.807) is 18.9 Å². The highest BCUT2D eigenvalue weighted by Gasteiger charge is 2.43. The summed E-state index contributed by atoms with van der Waals surface area (Å²) in [5.74, 6) is -0.512. The van der Waals surface area contributed by atoms with Gasteiger partial charge < -0.3 is 10.0 Å². The van der Waals surface area contributed by atoms with Crippen LogP contribution < -0.4 is 4.90 Å². The van der Waals surface area contributed by atoms with Crippen molar-refractivity contribution >= 4 is 11.6 Å². The number of rotatable bonds is 2. The normalized spacial score (nSPS) is 20.8. The zero-order chi connectivity index (χ0) is 15.0. The van der Waals surface area contributed by atoms with Crippen molar-refractivity contribution < 1.29 is 9.90 Å². The number of anilines is 1. The Hall–Kier alpha value is -2.13. The number of hydrogen-bond donors (Lipinski definition) is 1. The van der Waals surface area contributed by atoms with Crippen LogP contribution >= 0.6 is 0 Å². The molecule has 0 radical (unpaired) electrons. The summed E-state index contributed by atoms with van der Waals surface area (Å²) in [5, 5.41) is 11.0. The van der Waals surface area contributed by atoms with E-state index in [1.165, 1.54) is 0 Å². The maximum absolute atomic E-state index is 12.7. The maximum atomic E-state index is 12.7. The molecule has 3 heteroatoms. The summed E-state index contributed by atoms with van der Waals surface area (Å²) >= 11 is 0. The first kappa shape index (κ1) is 13.8. The minimum absolute atomic E-state index is 0.0393. The Morgan fingerprint density at radius 1 is 1.10 bits per heavy atom. The lowest BCUT2D eigenvalue weighted by Gasteiger charge is -2.39. The second-order valence-corrected chi connectivity index (χ2v) is 5.80. The van der Waals surface area contributed by atoms with E-state index in [-0.39, 0.29) is 5.91 Å². The minimum Gasteiger partial charge on any atom is -0.385 e. The number of amides is 1. The Balaban J connectivity index is 2.02. The molecule has 2 aromatic rings. The summed E-state index contributed by atoms with van der Waals surface area (Å²) in [7, 11) is 1.77. The van der Waals surface area contributed by atoms with E-state index in [9.17, 15) is 9.90 Å². The molecule has 1 amide bonds. The lowest BCUT2D eigenvalue weighted by atomic mass is 9.76.